The number of carbonyl (C=O) groups is 1. The number of nitro benzene ring substituents is 1. The van der Waals surface area contributed by atoms with Gasteiger partial charge in [-0.3, -0.25) is 14.9 Å². The lowest BCUT2D eigenvalue weighted by molar-refractivity contribution is -0.384. The van der Waals surface area contributed by atoms with Gasteiger partial charge in [0, 0.05) is 12.1 Å². The van der Waals surface area contributed by atoms with Gasteiger partial charge < -0.3 is 19.5 Å². The van der Waals surface area contributed by atoms with Crippen LogP contribution in [0.1, 0.15) is 10.4 Å². The van der Waals surface area contributed by atoms with Crippen LogP contribution < -0.4 is 19.5 Å². The van der Waals surface area contributed by atoms with E-state index in [9.17, 15) is 14.9 Å². The highest BCUT2D eigenvalue weighted by Gasteiger charge is 2.17. The molecule has 3 rings (SSSR count). The average molecular weight is 408 g/mol. The van der Waals surface area contributed by atoms with Crippen LogP contribution in [-0.4, -0.2) is 31.2 Å². The number of nitrogens with zero attached hydrogens (tertiary/aromatic N) is 1. The first-order chi connectivity index (χ1) is 14.6. The van der Waals surface area contributed by atoms with E-state index in [-0.39, 0.29) is 23.5 Å². The summed E-state index contributed by atoms with van der Waals surface area (Å²) in [6.07, 6.45) is 0. The van der Waals surface area contributed by atoms with Gasteiger partial charge in [0.1, 0.15) is 30.5 Å². The summed E-state index contributed by atoms with van der Waals surface area (Å²) in [6.45, 7) is 0.540. The summed E-state index contributed by atoms with van der Waals surface area (Å²) in [5.41, 5.74) is 0.318. The largest absolute Gasteiger partial charge is 0.495 e. The zero-order valence-corrected chi connectivity index (χ0v) is 16.2. The molecule has 3 aromatic rings. The lowest BCUT2D eigenvalue weighted by Crippen LogP contribution is -2.16. The minimum absolute atomic E-state index is 0.159. The Kier molecular flexibility index (Phi) is 6.83. The van der Waals surface area contributed by atoms with Gasteiger partial charge in [-0.1, -0.05) is 30.3 Å². The molecule has 154 valence electrons. The zero-order chi connectivity index (χ0) is 21.3. The molecule has 0 bridgehead atoms. The molecule has 0 fully saturated rings. The lowest BCUT2D eigenvalue weighted by Gasteiger charge is -2.13. The zero-order valence-electron chi connectivity index (χ0n) is 16.2. The lowest BCUT2D eigenvalue weighted by atomic mass is 10.1. The van der Waals surface area contributed by atoms with Gasteiger partial charge in [0.05, 0.1) is 23.3 Å². The Hall–Kier alpha value is -4.07. The predicted octanol–water partition coefficient (Wildman–Crippen LogP) is 4.31. The van der Waals surface area contributed by atoms with Crippen LogP contribution in [0.4, 0.5) is 11.4 Å². The van der Waals surface area contributed by atoms with Gasteiger partial charge in [-0.25, -0.2) is 0 Å². The van der Waals surface area contributed by atoms with E-state index in [0.717, 1.165) is 5.75 Å². The Balaban J connectivity index is 1.68. The predicted molar refractivity (Wildman–Crippen MR) is 111 cm³/mol. The first kappa shape index (κ1) is 20.7. The molecule has 0 atom stereocenters. The van der Waals surface area contributed by atoms with Crippen molar-refractivity contribution in [3.63, 3.8) is 0 Å². The van der Waals surface area contributed by atoms with Crippen molar-refractivity contribution in [2.24, 2.45) is 0 Å². The third-order valence-corrected chi connectivity index (χ3v) is 4.13. The highest BCUT2D eigenvalue weighted by molar-refractivity contribution is 6.07. The van der Waals surface area contributed by atoms with Crippen molar-refractivity contribution in [1.82, 2.24) is 0 Å². The van der Waals surface area contributed by atoms with Crippen molar-refractivity contribution in [3.8, 4) is 17.2 Å². The summed E-state index contributed by atoms with van der Waals surface area (Å²) in [6, 6.07) is 20.0. The van der Waals surface area contributed by atoms with Crippen LogP contribution in [0.5, 0.6) is 17.2 Å². The highest BCUT2D eigenvalue weighted by atomic mass is 16.6. The molecule has 3 aromatic carbocycles. The van der Waals surface area contributed by atoms with Crippen molar-refractivity contribution in [2.45, 2.75) is 0 Å². The molecule has 0 unspecified atom stereocenters. The summed E-state index contributed by atoms with van der Waals surface area (Å²) in [7, 11) is 1.42. The van der Waals surface area contributed by atoms with E-state index in [4.69, 9.17) is 14.2 Å². The second-order valence-corrected chi connectivity index (χ2v) is 6.10. The van der Waals surface area contributed by atoms with Gasteiger partial charge in [0.15, 0.2) is 0 Å². The Bertz CT molecular complexity index is 1020. The van der Waals surface area contributed by atoms with Gasteiger partial charge in [0.25, 0.3) is 11.6 Å². The second-order valence-electron chi connectivity index (χ2n) is 6.10. The van der Waals surface area contributed by atoms with Crippen molar-refractivity contribution < 1.29 is 23.9 Å². The monoisotopic (exact) mass is 408 g/mol. The number of non-ortho nitro benzene ring substituents is 1. The molecule has 0 radical (unpaired) electrons. The van der Waals surface area contributed by atoms with Crippen molar-refractivity contribution in [1.29, 1.82) is 0 Å². The summed E-state index contributed by atoms with van der Waals surface area (Å²) in [4.78, 5) is 23.3. The molecule has 30 heavy (non-hydrogen) atoms. The van der Waals surface area contributed by atoms with Gasteiger partial charge in [-0.2, -0.15) is 0 Å². The number of nitro groups is 1. The van der Waals surface area contributed by atoms with Gasteiger partial charge in [0.2, 0.25) is 0 Å². The number of rotatable bonds is 9. The first-order valence-corrected chi connectivity index (χ1v) is 9.12. The second kappa shape index (κ2) is 9.92. The molecule has 1 amide bonds. The molecule has 8 nitrogen and oxygen atoms in total. The van der Waals surface area contributed by atoms with Crippen molar-refractivity contribution >= 4 is 17.3 Å². The Morgan fingerprint density at radius 2 is 1.63 bits per heavy atom. The summed E-state index contributed by atoms with van der Waals surface area (Å²) in [5.74, 6) is 0.929. The number of benzene rings is 3. The van der Waals surface area contributed by atoms with Gasteiger partial charge in [-0.05, 0) is 30.3 Å². The van der Waals surface area contributed by atoms with Gasteiger partial charge >= 0.3 is 0 Å². The van der Waals surface area contributed by atoms with Crippen LogP contribution in [0.2, 0.25) is 0 Å². The Morgan fingerprint density at radius 3 is 2.37 bits per heavy atom. The smallest absolute Gasteiger partial charge is 0.271 e. The molecule has 0 aliphatic heterocycles. The molecule has 1 N–H and O–H groups in total. The van der Waals surface area contributed by atoms with Crippen LogP contribution >= 0.6 is 0 Å². The first-order valence-electron chi connectivity index (χ1n) is 9.12. The molecule has 0 aromatic heterocycles. The molecular formula is C22H20N2O6. The van der Waals surface area contributed by atoms with Crippen LogP contribution in [0, 0.1) is 10.1 Å². The van der Waals surface area contributed by atoms with E-state index in [1.807, 2.05) is 30.3 Å². The van der Waals surface area contributed by atoms with E-state index in [1.165, 1.54) is 25.3 Å². The molecule has 0 spiro atoms. The molecule has 0 saturated carbocycles. The van der Waals surface area contributed by atoms with Gasteiger partial charge in [-0.15, -0.1) is 0 Å². The van der Waals surface area contributed by atoms with E-state index in [0.29, 0.717) is 18.1 Å². The SMILES string of the molecule is COc1ccc([N+](=O)[O-])cc1NC(=O)c1ccccc1OCCOc1ccccc1. The molecule has 0 heterocycles. The number of para-hydroxylation sites is 2. The maximum atomic E-state index is 12.8. The number of methoxy groups -OCH3 is 1. The minimum atomic E-state index is -0.543. The summed E-state index contributed by atoms with van der Waals surface area (Å²) < 4.78 is 16.5. The standard InChI is InChI=1S/C22H20N2O6/c1-28-21-12-11-16(24(26)27)15-19(21)23-22(25)18-9-5-6-10-20(18)30-14-13-29-17-7-3-2-4-8-17/h2-12,15H,13-14H2,1H3,(H,23,25). The Morgan fingerprint density at radius 1 is 0.933 bits per heavy atom. The van der Waals surface area contributed by atoms with Crippen LogP contribution in [0.25, 0.3) is 0 Å². The number of hydrogen-bond donors (Lipinski definition) is 1. The fraction of sp³-hybridized carbons (Fsp3) is 0.136. The molecule has 0 aliphatic carbocycles. The maximum Gasteiger partial charge on any atom is 0.271 e. The Labute approximate surface area is 173 Å². The summed E-state index contributed by atoms with van der Waals surface area (Å²) in [5, 5.41) is 13.7. The van der Waals surface area contributed by atoms with Crippen molar-refractivity contribution in [3.05, 3.63) is 88.5 Å². The maximum absolute atomic E-state index is 12.8. The topological polar surface area (TPSA) is 99.9 Å². The normalized spacial score (nSPS) is 10.2. The minimum Gasteiger partial charge on any atom is -0.495 e. The fourth-order valence-electron chi connectivity index (χ4n) is 2.70. The average Bonchev–Trinajstić information content (AvgIpc) is 2.77. The van der Waals surface area contributed by atoms with Crippen LogP contribution in [0.3, 0.4) is 0 Å². The molecular weight excluding hydrogens is 388 g/mol. The molecule has 8 heteroatoms. The van der Waals surface area contributed by atoms with E-state index in [2.05, 4.69) is 5.32 Å². The highest BCUT2D eigenvalue weighted by Crippen LogP contribution is 2.30. The number of ether oxygens (including phenoxy) is 3. The van der Waals surface area contributed by atoms with Crippen LogP contribution in [-0.2, 0) is 0 Å². The molecule has 0 saturated heterocycles. The third kappa shape index (κ3) is 5.26. The van der Waals surface area contributed by atoms with Crippen LogP contribution in [0.15, 0.2) is 72.8 Å². The number of anilines is 1. The number of nitrogens with one attached hydrogen (secondary N) is 1. The fourth-order valence-corrected chi connectivity index (χ4v) is 2.70. The van der Waals surface area contributed by atoms with Crippen molar-refractivity contribution in [2.75, 3.05) is 25.6 Å². The number of amides is 1. The quantitative estimate of drug-likeness (QED) is 0.322. The molecule has 0 aliphatic rings. The third-order valence-electron chi connectivity index (χ3n) is 4.13. The van der Waals surface area contributed by atoms with E-state index in [1.54, 1.807) is 24.3 Å². The number of hydrogen-bond acceptors (Lipinski definition) is 6. The summed E-state index contributed by atoms with van der Waals surface area (Å²) >= 11 is 0. The number of carbonyl (C=O) groups excluding carboxylic acids is 1. The van der Waals surface area contributed by atoms with E-state index < -0.39 is 10.8 Å². The van der Waals surface area contributed by atoms with E-state index >= 15 is 0 Å².